The van der Waals surface area contributed by atoms with Gasteiger partial charge < -0.3 is 14.4 Å². The molecule has 1 fully saturated rings. The Bertz CT molecular complexity index is 817. The van der Waals surface area contributed by atoms with E-state index < -0.39 is 24.3 Å². The summed E-state index contributed by atoms with van der Waals surface area (Å²) in [6, 6.07) is 3.56. The van der Waals surface area contributed by atoms with E-state index in [1.54, 1.807) is 6.92 Å². The van der Waals surface area contributed by atoms with Gasteiger partial charge in [0.1, 0.15) is 0 Å². The molecule has 1 aromatic heterocycles. The van der Waals surface area contributed by atoms with Gasteiger partial charge in [-0.25, -0.2) is 14.2 Å². The Balaban J connectivity index is 1.88. The van der Waals surface area contributed by atoms with Gasteiger partial charge >= 0.3 is 12.7 Å². The van der Waals surface area contributed by atoms with Gasteiger partial charge in [-0.1, -0.05) is 0 Å². The molecule has 0 atom stereocenters. The maximum absolute atomic E-state index is 13.6. The molecule has 138 valence electrons. The summed E-state index contributed by atoms with van der Waals surface area (Å²) >= 11 is 0. The fraction of sp³-hybridized carbons (Fsp3) is 0.353. The summed E-state index contributed by atoms with van der Waals surface area (Å²) in [5, 5.41) is 0. The lowest BCUT2D eigenvalue weighted by molar-refractivity contribution is -0.0521. The zero-order chi connectivity index (χ0) is 18.7. The number of halogens is 3. The Morgan fingerprint density at radius 3 is 2.92 bits per heavy atom. The summed E-state index contributed by atoms with van der Waals surface area (Å²) in [5.41, 5.74) is 1.90. The highest BCUT2D eigenvalue weighted by Crippen LogP contribution is 2.27. The highest BCUT2D eigenvalue weighted by molar-refractivity contribution is 5.68. The van der Waals surface area contributed by atoms with Gasteiger partial charge in [0.2, 0.25) is 0 Å². The lowest BCUT2D eigenvalue weighted by Gasteiger charge is -2.26. The first-order chi connectivity index (χ1) is 12.4. The SMILES string of the molecule is Cc1ncc(-c2ccc(F)c(OC(F)F)c2)nc1CN1CCCOC1=O. The van der Waals surface area contributed by atoms with Crippen molar-refractivity contribution in [3.8, 4) is 17.0 Å². The summed E-state index contributed by atoms with van der Waals surface area (Å²) in [4.78, 5) is 22.0. The molecule has 1 aromatic carbocycles. The van der Waals surface area contributed by atoms with Crippen LogP contribution in [0.3, 0.4) is 0 Å². The van der Waals surface area contributed by atoms with Crippen molar-refractivity contribution in [2.75, 3.05) is 13.2 Å². The van der Waals surface area contributed by atoms with E-state index >= 15 is 0 Å². The van der Waals surface area contributed by atoms with Crippen molar-refractivity contribution in [3.05, 3.63) is 41.6 Å². The molecule has 9 heteroatoms. The lowest BCUT2D eigenvalue weighted by Crippen LogP contribution is -2.37. The number of amides is 1. The van der Waals surface area contributed by atoms with Crippen LogP contribution in [0.4, 0.5) is 18.0 Å². The molecule has 26 heavy (non-hydrogen) atoms. The quantitative estimate of drug-likeness (QED) is 0.809. The third-order valence-electron chi connectivity index (χ3n) is 3.89. The number of cyclic esters (lactones) is 1. The Hall–Kier alpha value is -2.84. The van der Waals surface area contributed by atoms with Crippen molar-refractivity contribution in [3.63, 3.8) is 0 Å². The average Bonchev–Trinajstić information content (AvgIpc) is 2.60. The normalized spacial score (nSPS) is 14.5. The third kappa shape index (κ3) is 4.04. The highest BCUT2D eigenvalue weighted by Gasteiger charge is 2.21. The van der Waals surface area contributed by atoms with E-state index in [1.165, 1.54) is 17.2 Å². The smallest absolute Gasteiger partial charge is 0.410 e. The van der Waals surface area contributed by atoms with Gasteiger partial charge in [-0.3, -0.25) is 4.98 Å². The van der Waals surface area contributed by atoms with E-state index in [-0.39, 0.29) is 6.54 Å². The van der Waals surface area contributed by atoms with E-state index in [0.717, 1.165) is 18.6 Å². The van der Waals surface area contributed by atoms with Gasteiger partial charge in [0.05, 0.1) is 36.4 Å². The summed E-state index contributed by atoms with van der Waals surface area (Å²) in [7, 11) is 0. The minimum absolute atomic E-state index is 0.215. The molecule has 0 radical (unpaired) electrons. The summed E-state index contributed by atoms with van der Waals surface area (Å²) in [6.07, 6.45) is 1.76. The minimum atomic E-state index is -3.13. The number of benzene rings is 1. The van der Waals surface area contributed by atoms with Gasteiger partial charge in [-0.2, -0.15) is 8.78 Å². The van der Waals surface area contributed by atoms with Crippen molar-refractivity contribution < 1.29 is 27.4 Å². The van der Waals surface area contributed by atoms with Gasteiger partial charge in [-0.05, 0) is 31.5 Å². The first-order valence-electron chi connectivity index (χ1n) is 7.93. The maximum Gasteiger partial charge on any atom is 0.410 e. The maximum atomic E-state index is 13.6. The predicted molar refractivity (Wildman–Crippen MR) is 85.2 cm³/mol. The van der Waals surface area contributed by atoms with Crippen molar-refractivity contribution in [1.29, 1.82) is 0 Å². The number of rotatable bonds is 5. The fourth-order valence-corrected chi connectivity index (χ4v) is 2.55. The number of aromatic nitrogens is 2. The molecule has 0 saturated carbocycles. The molecule has 3 rings (SSSR count). The topological polar surface area (TPSA) is 64.6 Å². The highest BCUT2D eigenvalue weighted by atomic mass is 19.3. The zero-order valence-electron chi connectivity index (χ0n) is 13.9. The summed E-state index contributed by atoms with van der Waals surface area (Å²) in [6.45, 7) is -0.232. The molecule has 0 unspecified atom stereocenters. The lowest BCUT2D eigenvalue weighted by atomic mass is 10.1. The first kappa shape index (κ1) is 18.0. The molecule has 0 bridgehead atoms. The van der Waals surface area contributed by atoms with E-state index in [0.29, 0.717) is 35.8 Å². The second-order valence-corrected chi connectivity index (χ2v) is 5.70. The van der Waals surface area contributed by atoms with Crippen molar-refractivity contribution in [1.82, 2.24) is 14.9 Å². The largest absolute Gasteiger partial charge is 0.449 e. The fourth-order valence-electron chi connectivity index (χ4n) is 2.55. The van der Waals surface area contributed by atoms with E-state index in [1.807, 2.05) is 0 Å². The second kappa shape index (κ2) is 7.59. The summed E-state index contributed by atoms with van der Waals surface area (Å²) in [5.74, 6) is -1.47. The number of aryl methyl sites for hydroxylation is 1. The van der Waals surface area contributed by atoms with Gasteiger partial charge in [0, 0.05) is 12.1 Å². The number of nitrogens with zero attached hydrogens (tertiary/aromatic N) is 3. The molecule has 0 spiro atoms. The monoisotopic (exact) mass is 367 g/mol. The number of carbonyl (C=O) groups is 1. The van der Waals surface area contributed by atoms with Crippen LogP contribution in [0.15, 0.2) is 24.4 Å². The van der Waals surface area contributed by atoms with Crippen LogP contribution in [-0.2, 0) is 11.3 Å². The van der Waals surface area contributed by atoms with Crippen LogP contribution in [0.25, 0.3) is 11.3 Å². The molecule has 1 aliphatic rings. The molecule has 2 aromatic rings. The van der Waals surface area contributed by atoms with E-state index in [4.69, 9.17) is 4.74 Å². The Morgan fingerprint density at radius 1 is 1.38 bits per heavy atom. The Morgan fingerprint density at radius 2 is 2.19 bits per heavy atom. The number of carbonyl (C=O) groups excluding carboxylic acids is 1. The molecule has 2 heterocycles. The van der Waals surface area contributed by atoms with Gasteiger partial charge in [0.15, 0.2) is 11.6 Å². The molecule has 1 aliphatic heterocycles. The van der Waals surface area contributed by atoms with Crippen LogP contribution < -0.4 is 4.74 Å². The van der Waals surface area contributed by atoms with Crippen LogP contribution in [0.2, 0.25) is 0 Å². The molecular formula is C17H16F3N3O3. The molecule has 0 aliphatic carbocycles. The number of hydrogen-bond donors (Lipinski definition) is 0. The van der Waals surface area contributed by atoms with Crippen molar-refractivity contribution in [2.24, 2.45) is 0 Å². The predicted octanol–water partition coefficient (Wildman–Crippen LogP) is 3.53. The standard InChI is InChI=1S/C17H16F3N3O3/c1-10-14(9-23-5-2-6-25-17(23)24)22-13(8-21-10)11-3-4-12(18)15(7-11)26-16(19)20/h3-4,7-8,16H,2,5-6,9H2,1H3. The Labute approximate surface area is 147 Å². The Kier molecular flexibility index (Phi) is 5.24. The molecule has 1 amide bonds. The second-order valence-electron chi connectivity index (χ2n) is 5.70. The van der Waals surface area contributed by atoms with Crippen molar-refractivity contribution in [2.45, 2.75) is 26.5 Å². The average molecular weight is 367 g/mol. The molecule has 0 N–H and O–H groups in total. The minimum Gasteiger partial charge on any atom is -0.449 e. The van der Waals surface area contributed by atoms with Crippen LogP contribution in [-0.4, -0.2) is 40.7 Å². The molecular weight excluding hydrogens is 351 g/mol. The summed E-state index contributed by atoms with van der Waals surface area (Å²) < 4.78 is 47.5. The molecule has 6 nitrogen and oxygen atoms in total. The van der Waals surface area contributed by atoms with Crippen LogP contribution in [0, 0.1) is 12.7 Å². The van der Waals surface area contributed by atoms with Crippen LogP contribution in [0.5, 0.6) is 5.75 Å². The van der Waals surface area contributed by atoms with E-state index in [2.05, 4.69) is 14.7 Å². The van der Waals surface area contributed by atoms with Crippen LogP contribution in [0.1, 0.15) is 17.8 Å². The number of alkyl halides is 2. The number of ether oxygens (including phenoxy) is 2. The van der Waals surface area contributed by atoms with E-state index in [9.17, 15) is 18.0 Å². The zero-order valence-corrected chi connectivity index (χ0v) is 13.9. The third-order valence-corrected chi connectivity index (χ3v) is 3.89. The van der Waals surface area contributed by atoms with Crippen LogP contribution >= 0.6 is 0 Å². The number of hydrogen-bond acceptors (Lipinski definition) is 5. The van der Waals surface area contributed by atoms with Gasteiger partial charge in [-0.15, -0.1) is 0 Å². The van der Waals surface area contributed by atoms with Gasteiger partial charge in [0.25, 0.3) is 0 Å². The molecule has 1 saturated heterocycles. The first-order valence-corrected chi connectivity index (χ1v) is 7.93. The van der Waals surface area contributed by atoms with Crippen molar-refractivity contribution >= 4 is 6.09 Å².